The zero-order valence-corrected chi connectivity index (χ0v) is 22.4. The highest BCUT2D eigenvalue weighted by molar-refractivity contribution is 7.92. The molecule has 2 amide bonds. The number of hydrogen-bond donors (Lipinski definition) is 1. The van der Waals surface area contributed by atoms with Gasteiger partial charge < -0.3 is 24.4 Å². The van der Waals surface area contributed by atoms with Gasteiger partial charge in [-0.15, -0.1) is 0 Å². The Kier molecular flexibility index (Phi) is 10.4. The van der Waals surface area contributed by atoms with E-state index in [1.54, 1.807) is 44.4 Å². The average molecular weight is 522 g/mol. The third-order valence-electron chi connectivity index (χ3n) is 5.56. The monoisotopic (exact) mass is 521 g/mol. The van der Waals surface area contributed by atoms with Crippen molar-refractivity contribution in [2.45, 2.75) is 32.9 Å². The minimum absolute atomic E-state index is 0.104. The maximum atomic E-state index is 13.6. The predicted octanol–water partition coefficient (Wildman–Crippen LogP) is 2.42. The van der Waals surface area contributed by atoms with Crippen LogP contribution in [0.25, 0.3) is 0 Å². The van der Waals surface area contributed by atoms with Gasteiger partial charge in [-0.1, -0.05) is 19.1 Å². The van der Waals surface area contributed by atoms with Crippen molar-refractivity contribution in [3.8, 4) is 17.2 Å². The van der Waals surface area contributed by atoms with E-state index in [4.69, 9.17) is 14.2 Å². The van der Waals surface area contributed by atoms with Crippen LogP contribution < -0.4 is 23.8 Å². The largest absolute Gasteiger partial charge is 0.497 e. The van der Waals surface area contributed by atoms with E-state index >= 15 is 0 Å². The van der Waals surface area contributed by atoms with E-state index in [9.17, 15) is 18.0 Å². The van der Waals surface area contributed by atoms with Crippen LogP contribution in [0, 0.1) is 0 Å². The van der Waals surface area contributed by atoms with E-state index in [1.807, 2.05) is 6.92 Å². The Labute approximate surface area is 213 Å². The fourth-order valence-corrected chi connectivity index (χ4v) is 4.34. The number of anilines is 1. The molecule has 2 rings (SSSR count). The zero-order valence-electron chi connectivity index (χ0n) is 21.6. The summed E-state index contributed by atoms with van der Waals surface area (Å²) in [6.45, 7) is 3.61. The second-order valence-corrected chi connectivity index (χ2v) is 10.1. The number of rotatable bonds is 13. The summed E-state index contributed by atoms with van der Waals surface area (Å²) >= 11 is 0. The van der Waals surface area contributed by atoms with Gasteiger partial charge in [0, 0.05) is 19.2 Å². The molecule has 2 aromatic carbocycles. The summed E-state index contributed by atoms with van der Waals surface area (Å²) < 4.78 is 42.1. The molecule has 0 spiro atoms. The number of benzene rings is 2. The summed E-state index contributed by atoms with van der Waals surface area (Å²) in [5, 5.41) is 2.80. The zero-order chi connectivity index (χ0) is 26.9. The number of nitrogens with one attached hydrogen (secondary N) is 1. The van der Waals surface area contributed by atoms with Gasteiger partial charge in [0.25, 0.3) is 0 Å². The summed E-state index contributed by atoms with van der Waals surface area (Å²) in [4.78, 5) is 27.7. The van der Waals surface area contributed by atoms with E-state index < -0.39 is 28.5 Å². The van der Waals surface area contributed by atoms with E-state index in [2.05, 4.69) is 5.32 Å². The average Bonchev–Trinajstić information content (AvgIpc) is 2.87. The van der Waals surface area contributed by atoms with Crippen LogP contribution in [-0.2, 0) is 26.2 Å². The molecule has 10 nitrogen and oxygen atoms in total. The van der Waals surface area contributed by atoms with Gasteiger partial charge in [-0.05, 0) is 43.2 Å². The first kappa shape index (κ1) is 28.8. The van der Waals surface area contributed by atoms with Crippen LogP contribution in [0.1, 0.15) is 25.8 Å². The smallest absolute Gasteiger partial charge is 0.244 e. The second-order valence-electron chi connectivity index (χ2n) is 8.15. The number of carbonyl (C=O) groups is 2. The standard InChI is InChI=1S/C25H35N3O7S/c1-7-14-26-25(30)18(2)27(16-19-8-11-21(33-3)12-9-19)24(29)17-28(36(6,31)32)20-10-13-22(34-4)23(15-20)35-5/h8-13,15,18H,7,14,16-17H2,1-6H3,(H,26,30)/t18-/m1/s1. The summed E-state index contributed by atoms with van der Waals surface area (Å²) in [6, 6.07) is 10.8. The Bertz CT molecular complexity index is 1140. The molecule has 0 unspecified atom stereocenters. The molecule has 0 heterocycles. The quantitative estimate of drug-likeness (QED) is 0.431. The molecule has 0 saturated carbocycles. The Hall–Kier alpha value is -3.47. The number of carbonyl (C=O) groups excluding carboxylic acids is 2. The molecule has 0 aromatic heterocycles. The van der Waals surface area contributed by atoms with Crippen LogP contribution in [0.15, 0.2) is 42.5 Å². The Balaban J connectivity index is 2.41. The number of methoxy groups -OCH3 is 3. The van der Waals surface area contributed by atoms with Gasteiger partial charge in [0.05, 0.1) is 33.3 Å². The molecule has 198 valence electrons. The molecule has 1 N–H and O–H groups in total. The molecule has 2 aromatic rings. The fourth-order valence-electron chi connectivity index (χ4n) is 3.50. The number of amides is 2. The Morgan fingerprint density at radius 2 is 1.61 bits per heavy atom. The summed E-state index contributed by atoms with van der Waals surface area (Å²) in [6.07, 6.45) is 1.76. The molecular formula is C25H35N3O7S. The number of ether oxygens (including phenoxy) is 3. The maximum Gasteiger partial charge on any atom is 0.244 e. The lowest BCUT2D eigenvalue weighted by molar-refractivity contribution is -0.139. The topological polar surface area (TPSA) is 114 Å². The first-order valence-corrected chi connectivity index (χ1v) is 13.3. The van der Waals surface area contributed by atoms with Gasteiger partial charge >= 0.3 is 0 Å². The molecule has 0 bridgehead atoms. The highest BCUT2D eigenvalue weighted by atomic mass is 32.2. The lowest BCUT2D eigenvalue weighted by Gasteiger charge is -2.31. The van der Waals surface area contributed by atoms with Crippen molar-refractivity contribution in [3.05, 3.63) is 48.0 Å². The first-order valence-electron chi connectivity index (χ1n) is 11.5. The van der Waals surface area contributed by atoms with Crippen LogP contribution in [0.3, 0.4) is 0 Å². The molecule has 0 aliphatic heterocycles. The molecule has 0 fully saturated rings. The summed E-state index contributed by atoms with van der Waals surface area (Å²) in [7, 11) is 0.599. The Morgan fingerprint density at radius 1 is 0.972 bits per heavy atom. The number of nitrogens with zero attached hydrogens (tertiary/aromatic N) is 2. The minimum atomic E-state index is -3.86. The summed E-state index contributed by atoms with van der Waals surface area (Å²) in [5.74, 6) is 0.532. The third-order valence-corrected chi connectivity index (χ3v) is 6.70. The lowest BCUT2D eigenvalue weighted by atomic mass is 10.1. The lowest BCUT2D eigenvalue weighted by Crippen LogP contribution is -2.51. The van der Waals surface area contributed by atoms with Crippen molar-refractivity contribution in [2.75, 3.05) is 45.0 Å². The van der Waals surface area contributed by atoms with Gasteiger partial charge in [0.15, 0.2) is 11.5 Å². The maximum absolute atomic E-state index is 13.6. The van der Waals surface area contributed by atoms with Crippen LogP contribution in [0.4, 0.5) is 5.69 Å². The molecule has 0 aliphatic rings. The van der Waals surface area contributed by atoms with Crippen LogP contribution in [0.2, 0.25) is 0 Å². The molecule has 0 saturated heterocycles. The molecule has 1 atom stereocenters. The van der Waals surface area contributed by atoms with E-state index in [-0.39, 0.29) is 18.1 Å². The number of sulfonamides is 1. The molecular weight excluding hydrogens is 486 g/mol. The van der Waals surface area contributed by atoms with E-state index in [1.165, 1.54) is 31.3 Å². The van der Waals surface area contributed by atoms with Crippen molar-refractivity contribution >= 4 is 27.5 Å². The normalized spacial score (nSPS) is 11.8. The second kappa shape index (κ2) is 13.0. The molecule has 36 heavy (non-hydrogen) atoms. The molecule has 11 heteroatoms. The van der Waals surface area contributed by atoms with Gasteiger partial charge in [0.1, 0.15) is 18.3 Å². The van der Waals surface area contributed by atoms with Crippen molar-refractivity contribution < 1.29 is 32.2 Å². The molecule has 0 aliphatic carbocycles. The van der Waals surface area contributed by atoms with Gasteiger partial charge in [0.2, 0.25) is 21.8 Å². The SMILES string of the molecule is CCCNC(=O)[C@@H](C)N(Cc1ccc(OC)cc1)C(=O)CN(c1ccc(OC)c(OC)c1)S(C)(=O)=O. The highest BCUT2D eigenvalue weighted by Gasteiger charge is 2.30. The van der Waals surface area contributed by atoms with E-state index in [0.29, 0.717) is 23.8 Å². The van der Waals surface area contributed by atoms with Crippen LogP contribution in [0.5, 0.6) is 17.2 Å². The van der Waals surface area contributed by atoms with Crippen LogP contribution >= 0.6 is 0 Å². The van der Waals surface area contributed by atoms with Crippen LogP contribution in [-0.4, -0.2) is 71.8 Å². The highest BCUT2D eigenvalue weighted by Crippen LogP contribution is 2.32. The van der Waals surface area contributed by atoms with E-state index in [0.717, 1.165) is 22.5 Å². The van der Waals surface area contributed by atoms with Gasteiger partial charge in [-0.25, -0.2) is 8.42 Å². The van der Waals surface area contributed by atoms with Gasteiger partial charge in [-0.3, -0.25) is 13.9 Å². The van der Waals surface area contributed by atoms with Crippen molar-refractivity contribution in [2.24, 2.45) is 0 Å². The van der Waals surface area contributed by atoms with Crippen molar-refractivity contribution in [1.29, 1.82) is 0 Å². The fraction of sp³-hybridized carbons (Fsp3) is 0.440. The number of hydrogen-bond acceptors (Lipinski definition) is 7. The first-order chi connectivity index (χ1) is 17.0. The molecule has 0 radical (unpaired) electrons. The Morgan fingerprint density at radius 3 is 2.14 bits per heavy atom. The summed E-state index contributed by atoms with van der Waals surface area (Å²) in [5.41, 5.74) is 0.993. The predicted molar refractivity (Wildman–Crippen MR) is 138 cm³/mol. The van der Waals surface area contributed by atoms with Crippen molar-refractivity contribution in [3.63, 3.8) is 0 Å². The van der Waals surface area contributed by atoms with Gasteiger partial charge in [-0.2, -0.15) is 0 Å². The minimum Gasteiger partial charge on any atom is -0.497 e. The van der Waals surface area contributed by atoms with Crippen molar-refractivity contribution in [1.82, 2.24) is 10.2 Å². The third kappa shape index (κ3) is 7.51.